The van der Waals surface area contributed by atoms with E-state index in [1.807, 2.05) is 60.8 Å². The lowest BCUT2D eigenvalue weighted by atomic mass is 10.2. The van der Waals surface area contributed by atoms with Crippen molar-refractivity contribution < 1.29 is 23.7 Å². The van der Waals surface area contributed by atoms with Gasteiger partial charge in [0, 0.05) is 10.9 Å². The predicted octanol–water partition coefficient (Wildman–Crippen LogP) is 4.73. The zero-order valence-electron chi connectivity index (χ0n) is 16.4. The Morgan fingerprint density at radius 3 is 2.52 bits per heavy atom. The van der Waals surface area contributed by atoms with Crippen molar-refractivity contribution in [1.82, 2.24) is 4.98 Å². The fraction of sp³-hybridized carbons (Fsp3) is 0.273. The third-order valence-electron chi connectivity index (χ3n) is 3.96. The molecule has 2 aromatic carbocycles. The summed E-state index contributed by atoms with van der Waals surface area (Å²) in [5.41, 5.74) is 1.68. The third kappa shape index (κ3) is 6.22. The second-order valence-electron chi connectivity index (χ2n) is 6.04. The topological polar surface area (TPSA) is 66.9 Å². The molecule has 0 radical (unpaired) electrons. The van der Waals surface area contributed by atoms with Crippen molar-refractivity contribution >= 4 is 17.3 Å². The maximum Gasteiger partial charge on any atom is 0.309 e. The van der Waals surface area contributed by atoms with Crippen molar-refractivity contribution in [2.75, 3.05) is 20.3 Å². The standard InChI is InChI=1S/C22H23NO5S/c1-3-26-18-7-9-19(10-8-18)27-12-11-21(24)28-14-17-15-29-22(23-17)16-5-4-6-20(13-16)25-2/h4-10,13,15H,3,11-12,14H2,1-2H3. The fourth-order valence-electron chi connectivity index (χ4n) is 2.54. The van der Waals surface area contributed by atoms with E-state index in [2.05, 4.69) is 4.98 Å². The number of carbonyl (C=O) groups excluding carboxylic acids is 1. The number of hydrogen-bond donors (Lipinski definition) is 0. The molecule has 3 rings (SSSR count). The first kappa shape index (κ1) is 20.7. The van der Waals surface area contributed by atoms with Gasteiger partial charge in [-0.15, -0.1) is 11.3 Å². The molecule has 0 bridgehead atoms. The third-order valence-corrected chi connectivity index (χ3v) is 4.90. The van der Waals surface area contributed by atoms with E-state index in [-0.39, 0.29) is 25.6 Å². The summed E-state index contributed by atoms with van der Waals surface area (Å²) in [6, 6.07) is 15.0. The molecule has 7 heteroatoms. The largest absolute Gasteiger partial charge is 0.497 e. The highest BCUT2D eigenvalue weighted by molar-refractivity contribution is 7.13. The summed E-state index contributed by atoms with van der Waals surface area (Å²) in [5.74, 6) is 1.92. The minimum Gasteiger partial charge on any atom is -0.497 e. The lowest BCUT2D eigenvalue weighted by molar-refractivity contribution is -0.145. The number of methoxy groups -OCH3 is 1. The molecule has 0 atom stereocenters. The van der Waals surface area contributed by atoms with Crippen molar-refractivity contribution in [3.05, 3.63) is 59.6 Å². The van der Waals surface area contributed by atoms with Crippen molar-refractivity contribution in [3.8, 4) is 27.8 Å². The maximum absolute atomic E-state index is 11.9. The van der Waals surface area contributed by atoms with Crippen LogP contribution in [-0.2, 0) is 16.1 Å². The van der Waals surface area contributed by atoms with E-state index in [4.69, 9.17) is 18.9 Å². The van der Waals surface area contributed by atoms with Crippen LogP contribution >= 0.6 is 11.3 Å². The number of aromatic nitrogens is 1. The van der Waals surface area contributed by atoms with Gasteiger partial charge in [0.2, 0.25) is 0 Å². The van der Waals surface area contributed by atoms with Crippen LogP contribution in [0.3, 0.4) is 0 Å². The van der Waals surface area contributed by atoms with Gasteiger partial charge in [-0.05, 0) is 43.3 Å². The Morgan fingerprint density at radius 1 is 1.03 bits per heavy atom. The van der Waals surface area contributed by atoms with Crippen LogP contribution in [-0.4, -0.2) is 31.3 Å². The van der Waals surface area contributed by atoms with E-state index >= 15 is 0 Å². The molecule has 0 saturated heterocycles. The van der Waals surface area contributed by atoms with Gasteiger partial charge in [-0.3, -0.25) is 4.79 Å². The van der Waals surface area contributed by atoms with Crippen molar-refractivity contribution in [2.45, 2.75) is 20.0 Å². The molecule has 0 spiro atoms. The number of ether oxygens (including phenoxy) is 4. The number of nitrogens with zero attached hydrogens (tertiary/aromatic N) is 1. The van der Waals surface area contributed by atoms with Crippen LogP contribution in [0.25, 0.3) is 10.6 Å². The van der Waals surface area contributed by atoms with Gasteiger partial charge >= 0.3 is 5.97 Å². The van der Waals surface area contributed by atoms with Gasteiger partial charge in [0.25, 0.3) is 0 Å². The molecular formula is C22H23NO5S. The predicted molar refractivity (Wildman–Crippen MR) is 112 cm³/mol. The van der Waals surface area contributed by atoms with E-state index in [9.17, 15) is 4.79 Å². The van der Waals surface area contributed by atoms with Crippen molar-refractivity contribution in [1.29, 1.82) is 0 Å². The number of carbonyl (C=O) groups is 1. The Labute approximate surface area is 174 Å². The second kappa shape index (κ2) is 10.5. The highest BCUT2D eigenvalue weighted by Gasteiger charge is 2.09. The molecule has 0 amide bonds. The molecule has 1 heterocycles. The molecule has 0 N–H and O–H groups in total. The fourth-order valence-corrected chi connectivity index (χ4v) is 3.34. The minimum absolute atomic E-state index is 0.141. The molecule has 152 valence electrons. The summed E-state index contributed by atoms with van der Waals surface area (Å²) in [7, 11) is 1.63. The Balaban J connectivity index is 1.42. The number of esters is 1. The number of benzene rings is 2. The highest BCUT2D eigenvalue weighted by Crippen LogP contribution is 2.27. The highest BCUT2D eigenvalue weighted by atomic mass is 32.1. The zero-order valence-corrected chi connectivity index (χ0v) is 17.2. The first-order valence-electron chi connectivity index (χ1n) is 9.28. The van der Waals surface area contributed by atoms with Gasteiger partial charge in [0.05, 0.1) is 32.4 Å². The van der Waals surface area contributed by atoms with E-state index in [0.717, 1.165) is 22.1 Å². The van der Waals surface area contributed by atoms with Gasteiger partial charge in [0.1, 0.15) is 28.9 Å². The molecule has 3 aromatic rings. The lowest BCUT2D eigenvalue weighted by Gasteiger charge is -2.07. The van der Waals surface area contributed by atoms with Crippen LogP contribution in [0.1, 0.15) is 19.0 Å². The normalized spacial score (nSPS) is 10.4. The molecule has 0 aliphatic heterocycles. The molecular weight excluding hydrogens is 390 g/mol. The van der Waals surface area contributed by atoms with Crippen molar-refractivity contribution in [3.63, 3.8) is 0 Å². The van der Waals surface area contributed by atoms with E-state index < -0.39 is 0 Å². The van der Waals surface area contributed by atoms with Crippen LogP contribution in [0, 0.1) is 0 Å². The van der Waals surface area contributed by atoms with Gasteiger partial charge in [-0.25, -0.2) is 4.98 Å². The summed E-state index contributed by atoms with van der Waals surface area (Å²) >= 11 is 1.50. The van der Waals surface area contributed by atoms with Crippen molar-refractivity contribution in [2.24, 2.45) is 0 Å². The van der Waals surface area contributed by atoms with Gasteiger partial charge in [-0.1, -0.05) is 12.1 Å². The van der Waals surface area contributed by atoms with Gasteiger partial charge in [0.15, 0.2) is 0 Å². The summed E-state index contributed by atoms with van der Waals surface area (Å²) in [6.07, 6.45) is 0.167. The lowest BCUT2D eigenvalue weighted by Crippen LogP contribution is -2.10. The van der Waals surface area contributed by atoms with Crippen LogP contribution < -0.4 is 14.2 Å². The van der Waals surface area contributed by atoms with E-state index in [1.54, 1.807) is 7.11 Å². The molecule has 0 fully saturated rings. The first-order chi connectivity index (χ1) is 14.2. The summed E-state index contributed by atoms with van der Waals surface area (Å²) in [4.78, 5) is 16.5. The average molecular weight is 413 g/mol. The van der Waals surface area contributed by atoms with Crippen LogP contribution in [0.15, 0.2) is 53.9 Å². The van der Waals surface area contributed by atoms with Crippen LogP contribution in [0.4, 0.5) is 0 Å². The minimum atomic E-state index is -0.327. The molecule has 1 aromatic heterocycles. The molecule has 6 nitrogen and oxygen atoms in total. The number of rotatable bonds is 10. The maximum atomic E-state index is 11.9. The number of thiazole rings is 1. The number of hydrogen-bond acceptors (Lipinski definition) is 7. The first-order valence-corrected chi connectivity index (χ1v) is 10.2. The van der Waals surface area contributed by atoms with Crippen LogP contribution in [0.5, 0.6) is 17.2 Å². The molecule has 29 heavy (non-hydrogen) atoms. The molecule has 0 unspecified atom stereocenters. The second-order valence-corrected chi connectivity index (χ2v) is 6.90. The molecule has 0 saturated carbocycles. The average Bonchev–Trinajstić information content (AvgIpc) is 3.23. The molecule has 0 aliphatic rings. The quantitative estimate of drug-likeness (QED) is 0.448. The Morgan fingerprint density at radius 2 is 1.79 bits per heavy atom. The van der Waals surface area contributed by atoms with Crippen LogP contribution in [0.2, 0.25) is 0 Å². The van der Waals surface area contributed by atoms with Gasteiger partial charge in [-0.2, -0.15) is 0 Å². The van der Waals surface area contributed by atoms with E-state index in [1.165, 1.54) is 11.3 Å². The summed E-state index contributed by atoms with van der Waals surface area (Å²) in [6.45, 7) is 2.94. The van der Waals surface area contributed by atoms with Gasteiger partial charge < -0.3 is 18.9 Å². The Kier molecular flexibility index (Phi) is 7.47. The zero-order chi connectivity index (χ0) is 20.5. The Hall–Kier alpha value is -3.06. The van der Waals surface area contributed by atoms with E-state index in [0.29, 0.717) is 18.1 Å². The molecule has 0 aliphatic carbocycles. The smallest absolute Gasteiger partial charge is 0.309 e. The summed E-state index contributed by atoms with van der Waals surface area (Å²) < 4.78 is 21.5. The SMILES string of the molecule is CCOc1ccc(OCCC(=O)OCc2csc(-c3cccc(OC)c3)n2)cc1. The Bertz CT molecular complexity index is 923. The summed E-state index contributed by atoms with van der Waals surface area (Å²) in [5, 5.41) is 2.74. The monoisotopic (exact) mass is 413 g/mol.